The van der Waals surface area contributed by atoms with Crippen LogP contribution in [0.2, 0.25) is 0 Å². The number of benzene rings is 2. The van der Waals surface area contributed by atoms with Gasteiger partial charge in [0, 0.05) is 30.7 Å². The van der Waals surface area contributed by atoms with Crippen LogP contribution in [0.25, 0.3) is 16.9 Å². The van der Waals surface area contributed by atoms with E-state index in [9.17, 15) is 18.4 Å². The molecule has 8 heteroatoms. The standard InChI is InChI=1S/C22H18F2N4O2/c1-2-10-27-12-16(21(29)25-14-8-9-18(23)19(24)11-14)20-17(13-27)22(30)28(26-20)15-6-4-3-5-7-15/h3-9,11-13H,2,10H2,1H3,(H,25,29). The van der Waals surface area contributed by atoms with Crippen LogP contribution in [0.1, 0.15) is 23.7 Å². The zero-order valence-corrected chi connectivity index (χ0v) is 16.1. The minimum Gasteiger partial charge on any atom is -0.353 e. The Kier molecular flexibility index (Phi) is 5.14. The lowest BCUT2D eigenvalue weighted by atomic mass is 10.1. The second-order valence-corrected chi connectivity index (χ2v) is 6.81. The number of carbonyl (C=O) groups is 1. The smallest absolute Gasteiger partial charge is 0.282 e. The van der Waals surface area contributed by atoms with E-state index >= 15 is 0 Å². The molecule has 4 rings (SSSR count). The molecule has 0 radical (unpaired) electrons. The number of halogens is 2. The molecule has 2 heterocycles. The lowest BCUT2D eigenvalue weighted by Crippen LogP contribution is -2.17. The van der Waals surface area contributed by atoms with E-state index in [0.29, 0.717) is 17.8 Å². The topological polar surface area (TPSA) is 68.9 Å². The predicted molar refractivity (Wildman–Crippen MR) is 109 cm³/mol. The summed E-state index contributed by atoms with van der Waals surface area (Å²) in [6.45, 7) is 2.57. The Labute approximate surface area is 170 Å². The molecule has 2 aromatic carbocycles. The Hall–Kier alpha value is -3.81. The van der Waals surface area contributed by atoms with Gasteiger partial charge in [0.1, 0.15) is 5.69 Å². The number of anilines is 1. The van der Waals surface area contributed by atoms with Gasteiger partial charge in [0.05, 0.1) is 16.8 Å². The first-order valence-electron chi connectivity index (χ1n) is 9.42. The molecule has 0 aliphatic carbocycles. The van der Waals surface area contributed by atoms with Gasteiger partial charge in [-0.2, -0.15) is 9.78 Å². The van der Waals surface area contributed by atoms with Crippen molar-refractivity contribution in [2.75, 3.05) is 5.32 Å². The number of hydrogen-bond donors (Lipinski definition) is 1. The maximum atomic E-state index is 13.5. The molecule has 0 fully saturated rings. The molecule has 0 unspecified atom stereocenters. The number of hydrogen-bond acceptors (Lipinski definition) is 3. The molecule has 30 heavy (non-hydrogen) atoms. The maximum absolute atomic E-state index is 13.5. The van der Waals surface area contributed by atoms with E-state index in [1.165, 1.54) is 10.7 Å². The number of carbonyl (C=O) groups excluding carboxylic acids is 1. The van der Waals surface area contributed by atoms with Gasteiger partial charge in [0.2, 0.25) is 0 Å². The summed E-state index contributed by atoms with van der Waals surface area (Å²) in [5.41, 5.74) is 1.03. The fourth-order valence-corrected chi connectivity index (χ4v) is 3.23. The van der Waals surface area contributed by atoms with Crippen molar-refractivity contribution < 1.29 is 13.6 Å². The largest absolute Gasteiger partial charge is 0.353 e. The molecule has 0 bridgehead atoms. The molecule has 2 aromatic rings. The van der Waals surface area contributed by atoms with Crippen LogP contribution in [0.5, 0.6) is 0 Å². The molecular formula is C22H18F2N4O2. The van der Waals surface area contributed by atoms with Crippen molar-refractivity contribution in [2.45, 2.75) is 19.9 Å². The van der Waals surface area contributed by atoms with E-state index in [-0.39, 0.29) is 22.5 Å². The van der Waals surface area contributed by atoms with Gasteiger partial charge in [-0.15, -0.1) is 0 Å². The first-order valence-corrected chi connectivity index (χ1v) is 9.42. The number of fused-ring (bicyclic) bond motifs is 1. The molecule has 2 aliphatic heterocycles. The average molecular weight is 408 g/mol. The van der Waals surface area contributed by atoms with Crippen LogP contribution in [-0.4, -0.2) is 20.3 Å². The molecule has 0 saturated carbocycles. The monoisotopic (exact) mass is 408 g/mol. The van der Waals surface area contributed by atoms with Crippen LogP contribution < -0.4 is 10.9 Å². The quantitative estimate of drug-likeness (QED) is 0.541. The van der Waals surface area contributed by atoms with E-state index in [2.05, 4.69) is 10.4 Å². The van der Waals surface area contributed by atoms with E-state index in [4.69, 9.17) is 0 Å². The third-order valence-electron chi connectivity index (χ3n) is 4.63. The lowest BCUT2D eigenvalue weighted by molar-refractivity contribution is 0.102. The Bertz CT molecular complexity index is 1250. The van der Waals surface area contributed by atoms with Gasteiger partial charge in [0.15, 0.2) is 11.6 Å². The van der Waals surface area contributed by atoms with Crippen molar-refractivity contribution in [3.05, 3.63) is 88.5 Å². The minimum atomic E-state index is -1.07. The zero-order chi connectivity index (χ0) is 21.3. The van der Waals surface area contributed by atoms with Crippen LogP contribution in [-0.2, 0) is 6.54 Å². The number of amides is 1. The summed E-state index contributed by atoms with van der Waals surface area (Å²) in [5, 5.41) is 6.92. The molecular weight excluding hydrogens is 390 g/mol. The van der Waals surface area contributed by atoms with Crippen LogP contribution in [0.3, 0.4) is 0 Å². The van der Waals surface area contributed by atoms with Crippen LogP contribution in [0.15, 0.2) is 65.7 Å². The Morgan fingerprint density at radius 3 is 2.53 bits per heavy atom. The minimum absolute atomic E-state index is 0.0998. The maximum Gasteiger partial charge on any atom is 0.282 e. The number of rotatable bonds is 5. The number of nitrogens with zero attached hydrogens (tertiary/aromatic N) is 3. The Balaban J connectivity index is 1.82. The van der Waals surface area contributed by atoms with Crippen LogP contribution in [0.4, 0.5) is 14.5 Å². The summed E-state index contributed by atoms with van der Waals surface area (Å²) in [4.78, 5) is 25.9. The van der Waals surface area contributed by atoms with E-state index < -0.39 is 17.5 Å². The number of aryl methyl sites for hydroxylation is 1. The molecule has 6 nitrogen and oxygen atoms in total. The van der Waals surface area contributed by atoms with E-state index in [1.807, 2.05) is 13.0 Å². The Morgan fingerprint density at radius 2 is 1.83 bits per heavy atom. The van der Waals surface area contributed by atoms with Crippen molar-refractivity contribution >= 4 is 11.6 Å². The molecule has 0 aromatic heterocycles. The summed E-state index contributed by atoms with van der Waals surface area (Å²) < 4.78 is 29.7. The van der Waals surface area contributed by atoms with Crippen LogP contribution >= 0.6 is 0 Å². The summed E-state index contributed by atoms with van der Waals surface area (Å²) in [7, 11) is 0. The van der Waals surface area contributed by atoms with Gasteiger partial charge in [0.25, 0.3) is 11.5 Å². The molecule has 0 spiro atoms. The molecule has 0 atom stereocenters. The van der Waals surface area contributed by atoms with Gasteiger partial charge >= 0.3 is 0 Å². The highest BCUT2D eigenvalue weighted by Crippen LogP contribution is 2.24. The highest BCUT2D eigenvalue weighted by molar-refractivity contribution is 6.08. The molecule has 2 aliphatic rings. The second-order valence-electron chi connectivity index (χ2n) is 6.81. The van der Waals surface area contributed by atoms with E-state index in [1.54, 1.807) is 41.2 Å². The first kappa shape index (κ1) is 19.5. The molecule has 1 N–H and O–H groups in total. The predicted octanol–water partition coefficient (Wildman–Crippen LogP) is 4.08. The highest BCUT2D eigenvalue weighted by Gasteiger charge is 2.24. The normalized spacial score (nSPS) is 11.0. The highest BCUT2D eigenvalue weighted by atomic mass is 19.2. The fourth-order valence-electron chi connectivity index (χ4n) is 3.23. The summed E-state index contributed by atoms with van der Waals surface area (Å²) in [6.07, 6.45) is 4.06. The Morgan fingerprint density at radius 1 is 1.07 bits per heavy atom. The number of para-hydroxylation sites is 1. The second kappa shape index (κ2) is 7.90. The van der Waals surface area contributed by atoms with Crippen LogP contribution in [0, 0.1) is 11.6 Å². The van der Waals surface area contributed by atoms with Gasteiger partial charge in [-0.1, -0.05) is 25.1 Å². The van der Waals surface area contributed by atoms with Gasteiger partial charge in [-0.05, 0) is 30.7 Å². The third-order valence-corrected chi connectivity index (χ3v) is 4.63. The average Bonchev–Trinajstić information content (AvgIpc) is 3.08. The van der Waals surface area contributed by atoms with Gasteiger partial charge in [-0.25, -0.2) is 8.78 Å². The number of pyridine rings is 1. The van der Waals surface area contributed by atoms with Gasteiger partial charge < -0.3 is 9.88 Å². The molecule has 0 saturated heterocycles. The molecule has 152 valence electrons. The summed E-state index contributed by atoms with van der Waals surface area (Å²) >= 11 is 0. The SMILES string of the molecule is CCCn1cc(C(=O)Nc2ccc(F)c(F)c2)c2nn(-c3ccccc3)c(=O)c-2c1. The summed E-state index contributed by atoms with van der Waals surface area (Å²) in [6, 6.07) is 12.0. The fraction of sp³-hybridized carbons (Fsp3) is 0.136. The van der Waals surface area contributed by atoms with Crippen molar-refractivity contribution in [2.24, 2.45) is 0 Å². The van der Waals surface area contributed by atoms with Crippen molar-refractivity contribution in [3.63, 3.8) is 0 Å². The third kappa shape index (κ3) is 3.59. The van der Waals surface area contributed by atoms with Crippen molar-refractivity contribution in [1.29, 1.82) is 0 Å². The number of nitrogens with one attached hydrogen (secondary N) is 1. The van der Waals surface area contributed by atoms with Gasteiger partial charge in [-0.3, -0.25) is 9.59 Å². The van der Waals surface area contributed by atoms with Crippen molar-refractivity contribution in [3.8, 4) is 16.9 Å². The van der Waals surface area contributed by atoms with Crippen molar-refractivity contribution in [1.82, 2.24) is 14.3 Å². The number of aromatic nitrogens is 3. The molecule has 1 amide bonds. The lowest BCUT2D eigenvalue weighted by Gasteiger charge is -2.12. The summed E-state index contributed by atoms with van der Waals surface area (Å²) in [5.74, 6) is -2.65. The first-order chi connectivity index (χ1) is 14.5. The van der Waals surface area contributed by atoms with E-state index in [0.717, 1.165) is 18.6 Å². The zero-order valence-electron chi connectivity index (χ0n) is 16.1.